The van der Waals surface area contributed by atoms with Crippen LogP contribution in [0.5, 0.6) is 11.5 Å². The van der Waals surface area contributed by atoms with Crippen molar-refractivity contribution in [2.45, 2.75) is 13.0 Å². The summed E-state index contributed by atoms with van der Waals surface area (Å²) in [6, 6.07) is 14.6. The largest absolute Gasteiger partial charge is 0.486 e. The van der Waals surface area contributed by atoms with E-state index in [1.54, 1.807) is 24.3 Å². The molecule has 1 atom stereocenters. The summed E-state index contributed by atoms with van der Waals surface area (Å²) in [5.41, 5.74) is 2.33. The van der Waals surface area contributed by atoms with Crippen molar-refractivity contribution in [3.63, 3.8) is 0 Å². The number of nitrogens with one attached hydrogen (secondary N) is 2. The highest BCUT2D eigenvalue weighted by Gasteiger charge is 2.15. The third kappa shape index (κ3) is 4.21. The lowest BCUT2D eigenvalue weighted by Gasteiger charge is -2.21. The third-order valence-electron chi connectivity index (χ3n) is 3.91. The van der Waals surface area contributed by atoms with Gasteiger partial charge in [-0.3, -0.25) is 4.79 Å². The van der Waals surface area contributed by atoms with Gasteiger partial charge in [0.15, 0.2) is 11.5 Å². The van der Waals surface area contributed by atoms with E-state index in [1.807, 2.05) is 25.1 Å². The average molecular weight is 337 g/mol. The van der Waals surface area contributed by atoms with Crippen LogP contribution in [0, 0.1) is 11.3 Å². The Morgan fingerprint density at radius 2 is 1.88 bits per heavy atom. The van der Waals surface area contributed by atoms with E-state index >= 15 is 0 Å². The number of hydrogen-bond donors (Lipinski definition) is 2. The standard InChI is InChI=1S/C19H19N3O3/c1-13(15-4-7-17-18(10-15)25-9-8-24-17)22-19(23)12-21-16-5-2-14(11-20)3-6-16/h2-7,10,13,21H,8-9,12H2,1H3,(H,22,23). The molecule has 0 fully saturated rings. The molecule has 1 aliphatic heterocycles. The van der Waals surface area contributed by atoms with Gasteiger partial charge in [-0.1, -0.05) is 6.07 Å². The maximum Gasteiger partial charge on any atom is 0.239 e. The molecule has 0 saturated carbocycles. The van der Waals surface area contributed by atoms with Crippen molar-refractivity contribution in [2.75, 3.05) is 25.1 Å². The fourth-order valence-corrected chi connectivity index (χ4v) is 2.55. The van der Waals surface area contributed by atoms with Crippen LogP contribution in [0.4, 0.5) is 5.69 Å². The predicted octanol–water partition coefficient (Wildman–Crippen LogP) is 2.62. The van der Waals surface area contributed by atoms with Crippen molar-refractivity contribution in [2.24, 2.45) is 0 Å². The average Bonchev–Trinajstić information content (AvgIpc) is 2.66. The highest BCUT2D eigenvalue weighted by atomic mass is 16.6. The lowest BCUT2D eigenvalue weighted by molar-refractivity contribution is -0.120. The van der Waals surface area contributed by atoms with Crippen molar-refractivity contribution in [3.05, 3.63) is 53.6 Å². The summed E-state index contributed by atoms with van der Waals surface area (Å²) in [6.45, 7) is 3.16. The molecule has 0 aromatic heterocycles. The van der Waals surface area contributed by atoms with Crippen molar-refractivity contribution in [1.82, 2.24) is 5.32 Å². The number of rotatable bonds is 5. The Balaban J connectivity index is 1.54. The predicted molar refractivity (Wildman–Crippen MR) is 93.6 cm³/mol. The van der Waals surface area contributed by atoms with Crippen molar-refractivity contribution >= 4 is 11.6 Å². The first-order chi connectivity index (χ1) is 12.2. The number of anilines is 1. The molecule has 0 bridgehead atoms. The number of nitriles is 1. The Bertz CT molecular complexity index is 797. The first-order valence-corrected chi connectivity index (χ1v) is 8.08. The summed E-state index contributed by atoms with van der Waals surface area (Å²) in [5, 5.41) is 14.8. The molecular formula is C19H19N3O3. The molecule has 1 aliphatic rings. The molecule has 0 spiro atoms. The quantitative estimate of drug-likeness (QED) is 0.876. The molecule has 0 saturated heterocycles. The van der Waals surface area contributed by atoms with Crippen LogP contribution in [0.25, 0.3) is 0 Å². The van der Waals surface area contributed by atoms with E-state index in [0.717, 1.165) is 17.0 Å². The molecule has 0 aliphatic carbocycles. The highest BCUT2D eigenvalue weighted by Crippen LogP contribution is 2.32. The summed E-state index contributed by atoms with van der Waals surface area (Å²) in [7, 11) is 0. The van der Waals surface area contributed by atoms with Crippen LogP contribution in [0.3, 0.4) is 0 Å². The molecule has 6 heteroatoms. The second-order valence-electron chi connectivity index (χ2n) is 5.74. The molecule has 3 rings (SSSR count). The Kier molecular flexibility index (Phi) is 5.05. The van der Waals surface area contributed by atoms with Gasteiger partial charge in [-0.15, -0.1) is 0 Å². The van der Waals surface area contributed by atoms with Crippen LogP contribution in [-0.2, 0) is 4.79 Å². The van der Waals surface area contributed by atoms with Crippen LogP contribution in [0.1, 0.15) is 24.1 Å². The Hall–Kier alpha value is -3.20. The van der Waals surface area contributed by atoms with Gasteiger partial charge >= 0.3 is 0 Å². The second-order valence-corrected chi connectivity index (χ2v) is 5.74. The van der Waals surface area contributed by atoms with Gasteiger partial charge in [0.25, 0.3) is 0 Å². The zero-order valence-electron chi connectivity index (χ0n) is 13.9. The second kappa shape index (κ2) is 7.58. The molecule has 128 valence electrons. The summed E-state index contributed by atoms with van der Waals surface area (Å²) in [5.74, 6) is 1.32. The minimum absolute atomic E-state index is 0.119. The Morgan fingerprint density at radius 3 is 2.60 bits per heavy atom. The van der Waals surface area contributed by atoms with Gasteiger partial charge in [-0.25, -0.2) is 0 Å². The number of nitrogens with zero attached hydrogens (tertiary/aromatic N) is 1. The van der Waals surface area contributed by atoms with Crippen molar-refractivity contribution < 1.29 is 14.3 Å². The van der Waals surface area contributed by atoms with Gasteiger partial charge < -0.3 is 20.1 Å². The van der Waals surface area contributed by atoms with Crippen molar-refractivity contribution in [1.29, 1.82) is 5.26 Å². The maximum atomic E-state index is 12.1. The SMILES string of the molecule is CC(NC(=O)CNc1ccc(C#N)cc1)c1ccc2c(c1)OCCO2. The lowest BCUT2D eigenvalue weighted by atomic mass is 10.1. The lowest BCUT2D eigenvalue weighted by Crippen LogP contribution is -2.32. The van der Waals surface area contributed by atoms with E-state index in [2.05, 4.69) is 16.7 Å². The number of fused-ring (bicyclic) bond motifs is 1. The van der Waals surface area contributed by atoms with Crippen LogP contribution in [-0.4, -0.2) is 25.7 Å². The molecule has 2 aromatic carbocycles. The Labute approximate surface area is 146 Å². The highest BCUT2D eigenvalue weighted by molar-refractivity contribution is 5.81. The molecule has 25 heavy (non-hydrogen) atoms. The molecule has 6 nitrogen and oxygen atoms in total. The van der Waals surface area contributed by atoms with E-state index < -0.39 is 0 Å². The first-order valence-electron chi connectivity index (χ1n) is 8.08. The zero-order chi connectivity index (χ0) is 17.6. The maximum absolute atomic E-state index is 12.1. The van der Waals surface area contributed by atoms with Gasteiger partial charge in [-0.2, -0.15) is 5.26 Å². The number of ether oxygens (including phenoxy) is 2. The number of carbonyl (C=O) groups excluding carboxylic acids is 1. The normalized spacial score (nSPS) is 13.4. The minimum atomic E-state index is -0.147. The van der Waals surface area contributed by atoms with Crippen LogP contribution >= 0.6 is 0 Å². The van der Waals surface area contributed by atoms with Gasteiger partial charge in [0.2, 0.25) is 5.91 Å². The van der Waals surface area contributed by atoms with E-state index in [0.29, 0.717) is 24.5 Å². The smallest absolute Gasteiger partial charge is 0.239 e. The van der Waals surface area contributed by atoms with Crippen molar-refractivity contribution in [3.8, 4) is 17.6 Å². The molecule has 2 aromatic rings. The van der Waals surface area contributed by atoms with E-state index in [1.165, 1.54) is 0 Å². The third-order valence-corrected chi connectivity index (χ3v) is 3.91. The fraction of sp³-hybridized carbons (Fsp3) is 0.263. The van der Waals surface area contributed by atoms with Gasteiger partial charge in [0, 0.05) is 5.69 Å². The number of benzene rings is 2. The molecule has 0 radical (unpaired) electrons. The fourth-order valence-electron chi connectivity index (χ4n) is 2.55. The minimum Gasteiger partial charge on any atom is -0.486 e. The van der Waals surface area contributed by atoms with Gasteiger partial charge in [0.05, 0.1) is 24.2 Å². The van der Waals surface area contributed by atoms with E-state index in [4.69, 9.17) is 14.7 Å². The molecule has 1 heterocycles. The van der Waals surface area contributed by atoms with E-state index in [9.17, 15) is 4.79 Å². The molecule has 1 amide bonds. The van der Waals surface area contributed by atoms with Crippen LogP contribution in [0.15, 0.2) is 42.5 Å². The monoisotopic (exact) mass is 337 g/mol. The van der Waals surface area contributed by atoms with Crippen LogP contribution < -0.4 is 20.1 Å². The van der Waals surface area contributed by atoms with Gasteiger partial charge in [-0.05, 0) is 48.9 Å². The van der Waals surface area contributed by atoms with E-state index in [-0.39, 0.29) is 18.5 Å². The summed E-state index contributed by atoms with van der Waals surface area (Å²) in [4.78, 5) is 12.1. The number of amides is 1. The number of hydrogen-bond acceptors (Lipinski definition) is 5. The van der Waals surface area contributed by atoms with Gasteiger partial charge in [0.1, 0.15) is 13.2 Å². The van der Waals surface area contributed by atoms with Crippen LogP contribution in [0.2, 0.25) is 0 Å². The first kappa shape index (κ1) is 16.7. The molecular weight excluding hydrogens is 318 g/mol. The Morgan fingerprint density at radius 1 is 1.16 bits per heavy atom. The molecule has 2 N–H and O–H groups in total. The number of carbonyl (C=O) groups is 1. The summed E-state index contributed by atoms with van der Waals surface area (Å²) >= 11 is 0. The topological polar surface area (TPSA) is 83.4 Å². The zero-order valence-corrected chi connectivity index (χ0v) is 13.9. The molecule has 1 unspecified atom stereocenters. The summed E-state index contributed by atoms with van der Waals surface area (Å²) in [6.07, 6.45) is 0. The summed E-state index contributed by atoms with van der Waals surface area (Å²) < 4.78 is 11.1.